The number of nitrogens with one attached hydrogen (secondary N) is 1. The molecule has 0 aromatic rings. The van der Waals surface area contributed by atoms with E-state index >= 15 is 0 Å². The van der Waals surface area contributed by atoms with Gasteiger partial charge in [0, 0.05) is 31.2 Å². The first-order valence-electron chi connectivity index (χ1n) is 6.17. The molecule has 1 aliphatic heterocycles. The Morgan fingerprint density at radius 2 is 1.64 bits per heavy atom. The Morgan fingerprint density at radius 1 is 1.00 bits per heavy atom. The highest BCUT2D eigenvalue weighted by Gasteiger charge is 2.32. The first-order valence-corrected chi connectivity index (χ1v) is 6.17. The lowest BCUT2D eigenvalue weighted by Crippen LogP contribution is -2.57. The molecule has 2 fully saturated rings. The molecule has 1 aliphatic carbocycles. The Bertz CT molecular complexity index is 183. The molecule has 2 nitrogen and oxygen atoms in total. The van der Waals surface area contributed by atoms with Gasteiger partial charge in [0.15, 0.2) is 0 Å². The summed E-state index contributed by atoms with van der Waals surface area (Å²) in [6, 6.07) is 2.22. The monoisotopic (exact) mass is 196 g/mol. The van der Waals surface area contributed by atoms with Gasteiger partial charge in [0.25, 0.3) is 0 Å². The van der Waals surface area contributed by atoms with E-state index in [1.165, 1.54) is 32.4 Å². The quantitative estimate of drug-likeness (QED) is 0.688. The summed E-state index contributed by atoms with van der Waals surface area (Å²) in [6.07, 6.45) is 4.32. The third-order valence-electron chi connectivity index (χ3n) is 3.87. The Kier molecular flexibility index (Phi) is 3.13. The molecule has 0 aromatic carbocycles. The van der Waals surface area contributed by atoms with Crippen molar-refractivity contribution in [3.63, 3.8) is 0 Å². The van der Waals surface area contributed by atoms with Crippen molar-refractivity contribution in [1.29, 1.82) is 0 Å². The lowest BCUT2D eigenvalue weighted by Gasteiger charge is -2.41. The highest BCUT2D eigenvalue weighted by atomic mass is 15.2. The van der Waals surface area contributed by atoms with Crippen LogP contribution in [0.1, 0.15) is 40.0 Å². The van der Waals surface area contributed by atoms with Crippen molar-refractivity contribution < 1.29 is 0 Å². The molecule has 1 N–H and O–H groups in total. The van der Waals surface area contributed by atoms with Gasteiger partial charge in [-0.3, -0.25) is 4.90 Å². The van der Waals surface area contributed by atoms with Crippen molar-refractivity contribution in [2.75, 3.05) is 13.1 Å². The van der Waals surface area contributed by atoms with E-state index in [1.54, 1.807) is 0 Å². The number of rotatable bonds is 1. The average molecular weight is 196 g/mol. The summed E-state index contributed by atoms with van der Waals surface area (Å²) in [5.41, 5.74) is 0. The van der Waals surface area contributed by atoms with Crippen LogP contribution in [-0.2, 0) is 0 Å². The van der Waals surface area contributed by atoms with E-state index in [0.29, 0.717) is 12.1 Å². The Hall–Kier alpha value is -0.0800. The topological polar surface area (TPSA) is 15.3 Å². The van der Waals surface area contributed by atoms with E-state index in [-0.39, 0.29) is 0 Å². The number of hydrogen-bond acceptors (Lipinski definition) is 2. The minimum atomic E-state index is 0.673. The van der Waals surface area contributed by atoms with Gasteiger partial charge >= 0.3 is 0 Å². The maximum atomic E-state index is 3.61. The zero-order valence-corrected chi connectivity index (χ0v) is 9.79. The molecule has 1 saturated carbocycles. The summed E-state index contributed by atoms with van der Waals surface area (Å²) in [5, 5.41) is 3.61. The molecule has 4 atom stereocenters. The zero-order chi connectivity index (χ0) is 10.1. The maximum absolute atomic E-state index is 3.61. The fourth-order valence-electron chi connectivity index (χ4n) is 3.31. The molecule has 2 aliphatic rings. The van der Waals surface area contributed by atoms with Gasteiger partial charge in [-0.1, -0.05) is 13.3 Å². The third kappa shape index (κ3) is 2.12. The summed E-state index contributed by atoms with van der Waals surface area (Å²) < 4.78 is 0. The molecule has 0 bridgehead atoms. The normalized spacial score (nSPS) is 45.6. The predicted octanol–water partition coefficient (Wildman–Crippen LogP) is 1.86. The second kappa shape index (κ2) is 4.19. The molecule has 82 valence electrons. The molecule has 2 rings (SSSR count). The van der Waals surface area contributed by atoms with Crippen molar-refractivity contribution in [2.45, 2.75) is 58.2 Å². The minimum absolute atomic E-state index is 0.673. The van der Waals surface area contributed by atoms with Crippen LogP contribution in [0.2, 0.25) is 0 Å². The van der Waals surface area contributed by atoms with Crippen molar-refractivity contribution >= 4 is 0 Å². The molecule has 1 heterocycles. The molecule has 0 spiro atoms. The number of nitrogens with zero attached hydrogens (tertiary/aromatic N) is 1. The molecule has 14 heavy (non-hydrogen) atoms. The Balaban J connectivity index is 1.95. The second-order valence-electron chi connectivity index (χ2n) is 5.40. The molecule has 2 heteroatoms. The van der Waals surface area contributed by atoms with Crippen LogP contribution in [0.5, 0.6) is 0 Å². The van der Waals surface area contributed by atoms with Crippen molar-refractivity contribution in [1.82, 2.24) is 10.2 Å². The lowest BCUT2D eigenvalue weighted by atomic mass is 10.0. The van der Waals surface area contributed by atoms with Gasteiger partial charge in [-0.15, -0.1) is 0 Å². The third-order valence-corrected chi connectivity index (χ3v) is 3.87. The highest BCUT2D eigenvalue weighted by molar-refractivity contribution is 4.89. The molecule has 0 amide bonds. The van der Waals surface area contributed by atoms with E-state index in [0.717, 1.165) is 12.0 Å². The van der Waals surface area contributed by atoms with Crippen LogP contribution in [0.25, 0.3) is 0 Å². The van der Waals surface area contributed by atoms with Crippen LogP contribution < -0.4 is 5.32 Å². The van der Waals surface area contributed by atoms with Gasteiger partial charge < -0.3 is 5.32 Å². The number of piperazine rings is 1. The van der Waals surface area contributed by atoms with Crippen molar-refractivity contribution in [3.8, 4) is 0 Å². The predicted molar refractivity (Wildman–Crippen MR) is 60.4 cm³/mol. The summed E-state index contributed by atoms with van der Waals surface area (Å²) >= 11 is 0. The molecular weight excluding hydrogens is 172 g/mol. The summed E-state index contributed by atoms with van der Waals surface area (Å²) in [5.74, 6) is 0.924. The van der Waals surface area contributed by atoms with Crippen LogP contribution in [0.4, 0.5) is 0 Å². The van der Waals surface area contributed by atoms with Crippen LogP contribution in [0.15, 0.2) is 0 Å². The van der Waals surface area contributed by atoms with Crippen molar-refractivity contribution in [3.05, 3.63) is 0 Å². The zero-order valence-electron chi connectivity index (χ0n) is 9.79. The summed E-state index contributed by atoms with van der Waals surface area (Å²) in [7, 11) is 0. The van der Waals surface area contributed by atoms with E-state index in [9.17, 15) is 0 Å². The van der Waals surface area contributed by atoms with E-state index in [1.807, 2.05) is 0 Å². The Labute approximate surface area is 88.1 Å². The fraction of sp³-hybridized carbons (Fsp3) is 1.00. The van der Waals surface area contributed by atoms with Crippen molar-refractivity contribution in [2.24, 2.45) is 5.92 Å². The molecular formula is C12H24N2. The van der Waals surface area contributed by atoms with Gasteiger partial charge in [-0.05, 0) is 32.6 Å². The molecule has 0 aromatic heterocycles. The lowest BCUT2D eigenvalue weighted by molar-refractivity contribution is 0.104. The smallest absolute Gasteiger partial charge is 0.0169 e. The number of hydrogen-bond donors (Lipinski definition) is 1. The molecule has 1 saturated heterocycles. The van der Waals surface area contributed by atoms with Crippen LogP contribution in [0.3, 0.4) is 0 Å². The van der Waals surface area contributed by atoms with Gasteiger partial charge in [-0.2, -0.15) is 0 Å². The van der Waals surface area contributed by atoms with Crippen LogP contribution >= 0.6 is 0 Å². The molecule has 4 unspecified atom stereocenters. The van der Waals surface area contributed by atoms with Crippen LogP contribution in [0, 0.1) is 5.92 Å². The first kappa shape index (κ1) is 10.4. The molecule has 0 radical (unpaired) electrons. The highest BCUT2D eigenvalue weighted by Crippen LogP contribution is 2.30. The van der Waals surface area contributed by atoms with Gasteiger partial charge in [-0.25, -0.2) is 0 Å². The summed E-state index contributed by atoms with van der Waals surface area (Å²) in [4.78, 5) is 2.73. The van der Waals surface area contributed by atoms with Gasteiger partial charge in [0.2, 0.25) is 0 Å². The summed E-state index contributed by atoms with van der Waals surface area (Å²) in [6.45, 7) is 9.54. The largest absolute Gasteiger partial charge is 0.309 e. The van der Waals surface area contributed by atoms with E-state index < -0.39 is 0 Å². The van der Waals surface area contributed by atoms with Gasteiger partial charge in [0.05, 0.1) is 0 Å². The minimum Gasteiger partial charge on any atom is -0.309 e. The Morgan fingerprint density at radius 3 is 2.14 bits per heavy atom. The fourth-order valence-corrected chi connectivity index (χ4v) is 3.31. The average Bonchev–Trinajstić information content (AvgIpc) is 2.49. The van der Waals surface area contributed by atoms with E-state index in [4.69, 9.17) is 0 Å². The second-order valence-corrected chi connectivity index (χ2v) is 5.40. The van der Waals surface area contributed by atoms with E-state index in [2.05, 4.69) is 31.0 Å². The standard InChI is InChI=1S/C12H24N2/c1-9-5-4-6-12(9)14-7-10(2)13-11(3)8-14/h9-13H,4-8H2,1-3H3. The van der Waals surface area contributed by atoms with Gasteiger partial charge in [0.1, 0.15) is 0 Å². The SMILES string of the molecule is CC1CN(C2CCCC2C)CC(C)N1. The maximum Gasteiger partial charge on any atom is 0.0169 e. The van der Waals surface area contributed by atoms with Crippen LogP contribution in [-0.4, -0.2) is 36.1 Å². The first-order chi connectivity index (χ1) is 6.66.